The van der Waals surface area contributed by atoms with Crippen LogP contribution in [0.2, 0.25) is 0 Å². The van der Waals surface area contributed by atoms with Crippen LogP contribution in [0.1, 0.15) is 10.3 Å². The van der Waals surface area contributed by atoms with Crippen molar-refractivity contribution in [1.82, 2.24) is 9.59 Å². The molecule has 9 heavy (non-hydrogen) atoms. The van der Waals surface area contributed by atoms with Gasteiger partial charge in [-0.05, 0) is 11.5 Å². The Morgan fingerprint density at radius 3 is 3.11 bits per heavy atom. The van der Waals surface area contributed by atoms with E-state index in [2.05, 4.69) is 25.5 Å². The van der Waals surface area contributed by atoms with Gasteiger partial charge in [-0.15, -0.1) is 16.7 Å². The molecule has 1 unspecified atom stereocenters. The lowest BCUT2D eigenvalue weighted by Gasteiger charge is -1.95. The van der Waals surface area contributed by atoms with Crippen LogP contribution in [-0.2, 0) is 0 Å². The molecule has 0 N–H and O–H groups in total. The van der Waals surface area contributed by atoms with Crippen molar-refractivity contribution in [2.75, 3.05) is 5.33 Å². The summed E-state index contributed by atoms with van der Waals surface area (Å²) in [5, 5.41) is 4.42. The van der Waals surface area contributed by atoms with Crippen LogP contribution in [0.15, 0.2) is 6.20 Å². The van der Waals surface area contributed by atoms with E-state index in [1.807, 2.05) is 0 Å². The van der Waals surface area contributed by atoms with E-state index in [4.69, 9.17) is 11.6 Å². The second kappa shape index (κ2) is 3.49. The van der Waals surface area contributed by atoms with Gasteiger partial charge in [0, 0.05) is 5.33 Å². The smallest absolute Gasteiger partial charge is 0.0807 e. The summed E-state index contributed by atoms with van der Waals surface area (Å²) >= 11 is 10.4. The normalized spacial score (nSPS) is 13.6. The highest BCUT2D eigenvalue weighted by Gasteiger charge is 2.06. The fourth-order valence-corrected chi connectivity index (χ4v) is 1.61. The fraction of sp³-hybridized carbons (Fsp3) is 0.500. The molecule has 0 aliphatic carbocycles. The molecule has 0 radical (unpaired) electrons. The Kier molecular flexibility index (Phi) is 2.88. The molecule has 0 saturated heterocycles. The SMILES string of the molecule is ClC(CBr)c1cnns1. The summed E-state index contributed by atoms with van der Waals surface area (Å²) in [5.74, 6) is 0. The van der Waals surface area contributed by atoms with Gasteiger partial charge in [-0.2, -0.15) is 0 Å². The molecule has 1 heterocycles. The van der Waals surface area contributed by atoms with E-state index < -0.39 is 0 Å². The largest absolute Gasteiger partial charge is 0.146 e. The third kappa shape index (κ3) is 1.88. The van der Waals surface area contributed by atoms with Crippen LogP contribution in [0, 0.1) is 0 Å². The molecule has 0 bridgehead atoms. The molecular weight excluding hydrogens is 223 g/mol. The van der Waals surface area contributed by atoms with Crippen LogP contribution < -0.4 is 0 Å². The van der Waals surface area contributed by atoms with Gasteiger partial charge in [-0.3, -0.25) is 0 Å². The predicted octanol–water partition coefficient (Wildman–Crippen LogP) is 2.21. The van der Waals surface area contributed by atoms with Crippen molar-refractivity contribution < 1.29 is 0 Å². The maximum atomic E-state index is 5.82. The molecule has 2 nitrogen and oxygen atoms in total. The van der Waals surface area contributed by atoms with Crippen LogP contribution in [0.25, 0.3) is 0 Å². The summed E-state index contributed by atoms with van der Waals surface area (Å²) < 4.78 is 3.68. The van der Waals surface area contributed by atoms with E-state index in [9.17, 15) is 0 Å². The molecule has 0 amide bonds. The van der Waals surface area contributed by atoms with Crippen LogP contribution in [0.5, 0.6) is 0 Å². The average molecular weight is 228 g/mol. The predicted molar refractivity (Wildman–Crippen MR) is 42.3 cm³/mol. The summed E-state index contributed by atoms with van der Waals surface area (Å²) in [5.41, 5.74) is 0. The Bertz CT molecular complexity index is 167. The first-order valence-electron chi connectivity index (χ1n) is 2.32. The van der Waals surface area contributed by atoms with Crippen molar-refractivity contribution >= 4 is 39.1 Å². The number of rotatable bonds is 2. The van der Waals surface area contributed by atoms with E-state index in [0.717, 1.165) is 10.2 Å². The summed E-state index contributed by atoms with van der Waals surface area (Å²) in [6.07, 6.45) is 1.68. The van der Waals surface area contributed by atoms with E-state index in [0.29, 0.717) is 0 Å². The summed E-state index contributed by atoms with van der Waals surface area (Å²) in [7, 11) is 0. The number of halogens is 2. The van der Waals surface area contributed by atoms with E-state index >= 15 is 0 Å². The quantitative estimate of drug-likeness (QED) is 0.724. The van der Waals surface area contributed by atoms with Crippen molar-refractivity contribution in [3.05, 3.63) is 11.1 Å². The summed E-state index contributed by atoms with van der Waals surface area (Å²) in [6.45, 7) is 0. The Balaban J connectivity index is 2.65. The van der Waals surface area contributed by atoms with Gasteiger partial charge >= 0.3 is 0 Å². The Labute approximate surface area is 70.5 Å². The zero-order chi connectivity index (χ0) is 6.69. The Morgan fingerprint density at radius 2 is 2.67 bits per heavy atom. The van der Waals surface area contributed by atoms with Crippen LogP contribution in [-0.4, -0.2) is 14.9 Å². The number of alkyl halides is 2. The molecule has 0 aliphatic heterocycles. The number of aromatic nitrogens is 2. The number of hydrogen-bond donors (Lipinski definition) is 0. The molecular formula is C4H4BrClN2S. The van der Waals surface area contributed by atoms with Gasteiger partial charge < -0.3 is 0 Å². The first-order chi connectivity index (χ1) is 4.34. The van der Waals surface area contributed by atoms with E-state index in [1.165, 1.54) is 11.5 Å². The van der Waals surface area contributed by atoms with Crippen molar-refractivity contribution in [2.45, 2.75) is 5.38 Å². The second-order valence-corrected chi connectivity index (χ2v) is 3.43. The van der Waals surface area contributed by atoms with E-state index in [1.54, 1.807) is 6.20 Å². The standard InChI is InChI=1S/C4H4BrClN2S/c5-1-3(6)4-2-7-8-9-4/h2-3H,1H2. The second-order valence-electron chi connectivity index (χ2n) is 1.44. The highest BCUT2D eigenvalue weighted by atomic mass is 79.9. The molecule has 1 rings (SSSR count). The first kappa shape index (κ1) is 7.44. The molecule has 0 spiro atoms. The molecule has 0 fully saturated rings. The lowest BCUT2D eigenvalue weighted by atomic mass is 10.4. The van der Waals surface area contributed by atoms with Crippen LogP contribution >= 0.6 is 39.1 Å². The fourth-order valence-electron chi connectivity index (χ4n) is 0.389. The number of nitrogens with zero attached hydrogens (tertiary/aromatic N) is 2. The summed E-state index contributed by atoms with van der Waals surface area (Å²) in [4.78, 5) is 1.01. The highest BCUT2D eigenvalue weighted by molar-refractivity contribution is 9.09. The lowest BCUT2D eigenvalue weighted by molar-refractivity contribution is 1.11. The van der Waals surface area contributed by atoms with Gasteiger partial charge in [0.1, 0.15) is 0 Å². The third-order valence-electron chi connectivity index (χ3n) is 0.823. The van der Waals surface area contributed by atoms with Gasteiger partial charge in [0.05, 0.1) is 16.5 Å². The van der Waals surface area contributed by atoms with Crippen molar-refractivity contribution in [3.8, 4) is 0 Å². The van der Waals surface area contributed by atoms with Gasteiger partial charge in [0.15, 0.2) is 0 Å². The minimum absolute atomic E-state index is 0.0185. The van der Waals surface area contributed by atoms with Crippen molar-refractivity contribution in [2.24, 2.45) is 0 Å². The van der Waals surface area contributed by atoms with Gasteiger partial charge in [0.2, 0.25) is 0 Å². The molecule has 0 aliphatic rings. The minimum Gasteiger partial charge on any atom is -0.146 e. The topological polar surface area (TPSA) is 25.8 Å². The molecule has 50 valence electrons. The maximum absolute atomic E-state index is 5.82. The van der Waals surface area contributed by atoms with Crippen LogP contribution in [0.4, 0.5) is 0 Å². The monoisotopic (exact) mass is 226 g/mol. The van der Waals surface area contributed by atoms with Crippen molar-refractivity contribution in [3.63, 3.8) is 0 Å². The average Bonchev–Trinajstić information content (AvgIpc) is 2.37. The number of hydrogen-bond acceptors (Lipinski definition) is 3. The molecule has 1 aromatic heterocycles. The van der Waals surface area contributed by atoms with Crippen LogP contribution in [0.3, 0.4) is 0 Å². The van der Waals surface area contributed by atoms with Crippen molar-refractivity contribution in [1.29, 1.82) is 0 Å². The van der Waals surface area contributed by atoms with Gasteiger partial charge in [-0.1, -0.05) is 20.4 Å². The molecule has 1 aromatic rings. The molecule has 1 atom stereocenters. The minimum atomic E-state index is 0.0185. The Morgan fingerprint density at radius 1 is 1.89 bits per heavy atom. The van der Waals surface area contributed by atoms with Gasteiger partial charge in [0.25, 0.3) is 0 Å². The van der Waals surface area contributed by atoms with E-state index in [-0.39, 0.29) is 5.38 Å². The summed E-state index contributed by atoms with van der Waals surface area (Å²) in [6, 6.07) is 0. The molecule has 0 aromatic carbocycles. The zero-order valence-electron chi connectivity index (χ0n) is 4.42. The lowest BCUT2D eigenvalue weighted by Crippen LogP contribution is -1.84. The Hall–Kier alpha value is 0.330. The third-order valence-corrected chi connectivity index (χ3v) is 3.14. The van der Waals surface area contributed by atoms with Gasteiger partial charge in [-0.25, -0.2) is 0 Å². The maximum Gasteiger partial charge on any atom is 0.0807 e. The zero-order valence-corrected chi connectivity index (χ0v) is 7.58. The highest BCUT2D eigenvalue weighted by Crippen LogP contribution is 2.23. The molecule has 5 heteroatoms. The first-order valence-corrected chi connectivity index (χ1v) is 4.65. The molecule has 0 saturated carbocycles.